The number of carbonyl (C=O) groups is 1. The van der Waals surface area contributed by atoms with Crippen molar-refractivity contribution in [2.24, 2.45) is 0 Å². The van der Waals surface area contributed by atoms with E-state index in [9.17, 15) is 22.4 Å². The van der Waals surface area contributed by atoms with Crippen LogP contribution in [0.1, 0.15) is 10.4 Å². The molecule has 0 amide bonds. The summed E-state index contributed by atoms with van der Waals surface area (Å²) in [5.74, 6) is -3.27. The highest BCUT2D eigenvalue weighted by Crippen LogP contribution is 2.25. The Morgan fingerprint density at radius 1 is 1.43 bits per heavy atom. The van der Waals surface area contributed by atoms with Gasteiger partial charge in [-0.25, -0.2) is 9.37 Å². The monoisotopic (exact) mass is 227 g/mol. The first kappa shape index (κ1) is 10.9. The number of hydrogen-bond donors (Lipinski definition) is 0. The molecular weight excluding hydrogens is 226 g/mol. The van der Waals surface area contributed by atoms with Crippen molar-refractivity contribution >= 4 is 17.4 Å². The first-order valence-corrected chi connectivity index (χ1v) is 3.62. The van der Waals surface area contributed by atoms with Gasteiger partial charge in [0, 0.05) is 0 Å². The second-order valence-corrected chi connectivity index (χ2v) is 2.68. The number of hydrogen-bond acceptors (Lipinski definition) is 2. The Hall–Kier alpha value is -1.17. The van der Waals surface area contributed by atoms with Crippen molar-refractivity contribution in [1.82, 2.24) is 4.98 Å². The van der Waals surface area contributed by atoms with Crippen LogP contribution in [0.3, 0.4) is 0 Å². The topological polar surface area (TPSA) is 30.0 Å². The molecule has 14 heavy (non-hydrogen) atoms. The summed E-state index contributed by atoms with van der Waals surface area (Å²) in [7, 11) is 0. The van der Waals surface area contributed by atoms with E-state index in [4.69, 9.17) is 11.6 Å². The molecule has 76 valence electrons. The Bertz CT molecular complexity index is 376. The van der Waals surface area contributed by atoms with Gasteiger partial charge in [0.15, 0.2) is 0 Å². The minimum Gasteiger partial charge on any atom is -0.284 e. The molecule has 0 fully saturated rings. The molecule has 0 aromatic carbocycles. The fraction of sp³-hybridized carbons (Fsp3) is 0.143. The Morgan fingerprint density at radius 2 is 2.00 bits per heavy atom. The molecule has 1 aromatic rings. The highest BCUT2D eigenvalue weighted by atomic mass is 35.5. The van der Waals surface area contributed by atoms with E-state index >= 15 is 0 Å². The summed E-state index contributed by atoms with van der Waals surface area (Å²) in [6, 6.07) is 0.394. The van der Waals surface area contributed by atoms with Crippen LogP contribution in [0.5, 0.6) is 0 Å². The lowest BCUT2D eigenvalue weighted by Crippen LogP contribution is -2.23. The van der Waals surface area contributed by atoms with Crippen LogP contribution < -0.4 is 0 Å². The zero-order chi connectivity index (χ0) is 10.9. The Balaban J connectivity index is 3.19. The summed E-state index contributed by atoms with van der Waals surface area (Å²) in [5.41, 5.74) is -0.987. The van der Waals surface area contributed by atoms with Crippen LogP contribution in [0, 0.1) is 5.82 Å². The normalized spacial score (nSPS) is 11.5. The predicted molar refractivity (Wildman–Crippen MR) is 39.6 cm³/mol. The summed E-state index contributed by atoms with van der Waals surface area (Å²) in [5, 5.41) is -0.672. The molecule has 0 spiro atoms. The minimum absolute atomic E-state index is 0.394. The van der Waals surface area contributed by atoms with E-state index in [1.54, 1.807) is 0 Å². The van der Waals surface area contributed by atoms with Gasteiger partial charge in [0.2, 0.25) is 0 Å². The first-order chi connectivity index (χ1) is 6.32. The van der Waals surface area contributed by atoms with Crippen molar-refractivity contribution in [3.8, 4) is 0 Å². The zero-order valence-corrected chi connectivity index (χ0v) is 7.16. The molecule has 1 heterocycles. The number of nitrogens with zero attached hydrogens (tertiary/aromatic N) is 1. The third-order valence-electron chi connectivity index (χ3n) is 1.31. The molecule has 7 heteroatoms. The number of carbonyl (C=O) groups excluding carboxylic acids is 1. The predicted octanol–water partition coefficient (Wildman–Crippen LogP) is 2.62. The van der Waals surface area contributed by atoms with E-state index in [0.29, 0.717) is 12.3 Å². The van der Waals surface area contributed by atoms with Gasteiger partial charge < -0.3 is 0 Å². The van der Waals surface area contributed by atoms with Crippen molar-refractivity contribution in [1.29, 1.82) is 0 Å². The summed E-state index contributed by atoms with van der Waals surface area (Å²) in [6.45, 7) is 0. The molecule has 0 aliphatic rings. The molecule has 0 radical (unpaired) electrons. The Labute approximate surface area is 80.5 Å². The lowest BCUT2D eigenvalue weighted by Gasteiger charge is -2.05. The number of pyridine rings is 1. The lowest BCUT2D eigenvalue weighted by atomic mass is 10.2. The number of rotatable bonds is 1. The van der Waals surface area contributed by atoms with Crippen molar-refractivity contribution in [3.05, 3.63) is 28.8 Å². The second kappa shape index (κ2) is 3.53. The molecule has 0 N–H and O–H groups in total. The van der Waals surface area contributed by atoms with Crippen LogP contribution in [-0.4, -0.2) is 16.9 Å². The van der Waals surface area contributed by atoms with E-state index in [0.717, 1.165) is 0 Å². The molecule has 0 atom stereocenters. The maximum Gasteiger partial charge on any atom is 0.454 e. The summed E-state index contributed by atoms with van der Waals surface area (Å²) in [6.07, 6.45) is -4.46. The van der Waals surface area contributed by atoms with Gasteiger partial charge >= 0.3 is 6.18 Å². The standard InChI is InChI=1S/C7H2ClF4NO/c8-6-4(1-3(9)2-13-6)5(14)7(10,11)12/h1-2H. The van der Waals surface area contributed by atoms with Crippen LogP contribution in [0.2, 0.25) is 5.15 Å². The van der Waals surface area contributed by atoms with Gasteiger partial charge in [-0.05, 0) is 6.07 Å². The van der Waals surface area contributed by atoms with Gasteiger partial charge in [0.25, 0.3) is 5.78 Å². The molecule has 0 aliphatic carbocycles. The van der Waals surface area contributed by atoms with Gasteiger partial charge in [-0.1, -0.05) is 11.6 Å². The molecule has 0 aliphatic heterocycles. The summed E-state index contributed by atoms with van der Waals surface area (Å²) >= 11 is 5.20. The van der Waals surface area contributed by atoms with Gasteiger partial charge in [-0.15, -0.1) is 0 Å². The fourth-order valence-corrected chi connectivity index (χ4v) is 0.924. The Kier molecular flexibility index (Phi) is 2.75. The molecule has 0 saturated carbocycles. The lowest BCUT2D eigenvalue weighted by molar-refractivity contribution is -0.0885. The van der Waals surface area contributed by atoms with E-state index in [-0.39, 0.29) is 0 Å². The van der Waals surface area contributed by atoms with Crippen LogP contribution in [0.15, 0.2) is 12.3 Å². The summed E-state index contributed by atoms with van der Waals surface area (Å²) in [4.78, 5) is 13.7. The third kappa shape index (κ3) is 2.20. The number of alkyl halides is 3. The highest BCUT2D eigenvalue weighted by molar-refractivity contribution is 6.33. The minimum atomic E-state index is -5.08. The average molecular weight is 228 g/mol. The molecule has 2 nitrogen and oxygen atoms in total. The third-order valence-corrected chi connectivity index (χ3v) is 1.61. The van der Waals surface area contributed by atoms with Gasteiger partial charge in [-0.3, -0.25) is 4.79 Å². The molecule has 1 rings (SSSR count). The largest absolute Gasteiger partial charge is 0.454 e. The maximum absolute atomic E-state index is 12.5. The molecule has 0 saturated heterocycles. The van der Waals surface area contributed by atoms with Crippen LogP contribution >= 0.6 is 11.6 Å². The summed E-state index contributed by atoms with van der Waals surface area (Å²) < 4.78 is 48.1. The average Bonchev–Trinajstić information content (AvgIpc) is 2.06. The van der Waals surface area contributed by atoms with Crippen molar-refractivity contribution in [2.45, 2.75) is 6.18 Å². The van der Waals surface area contributed by atoms with Gasteiger partial charge in [0.1, 0.15) is 11.0 Å². The quantitative estimate of drug-likeness (QED) is 0.419. The van der Waals surface area contributed by atoms with Crippen LogP contribution in [0.4, 0.5) is 17.6 Å². The smallest absolute Gasteiger partial charge is 0.284 e. The highest BCUT2D eigenvalue weighted by Gasteiger charge is 2.40. The van der Waals surface area contributed by atoms with Crippen LogP contribution in [-0.2, 0) is 0 Å². The maximum atomic E-state index is 12.5. The number of Topliss-reactive ketones (excluding diaryl/α,β-unsaturated/α-hetero) is 1. The van der Waals surface area contributed by atoms with E-state index in [2.05, 4.69) is 4.98 Å². The number of aromatic nitrogens is 1. The number of halogens is 5. The molecule has 1 aromatic heterocycles. The van der Waals surface area contributed by atoms with Crippen molar-refractivity contribution in [3.63, 3.8) is 0 Å². The first-order valence-electron chi connectivity index (χ1n) is 3.25. The van der Waals surface area contributed by atoms with Crippen LogP contribution in [0.25, 0.3) is 0 Å². The SMILES string of the molecule is O=C(c1cc(F)cnc1Cl)C(F)(F)F. The fourth-order valence-electron chi connectivity index (χ4n) is 0.735. The van der Waals surface area contributed by atoms with Gasteiger partial charge in [0.05, 0.1) is 11.8 Å². The van der Waals surface area contributed by atoms with E-state index in [1.165, 1.54) is 0 Å². The Morgan fingerprint density at radius 3 is 2.50 bits per heavy atom. The molecule has 0 bridgehead atoms. The molecule has 0 unspecified atom stereocenters. The van der Waals surface area contributed by atoms with E-state index < -0.39 is 28.5 Å². The second-order valence-electron chi connectivity index (χ2n) is 2.32. The number of ketones is 1. The van der Waals surface area contributed by atoms with Gasteiger partial charge in [-0.2, -0.15) is 13.2 Å². The van der Waals surface area contributed by atoms with Crippen molar-refractivity contribution in [2.75, 3.05) is 0 Å². The molecular formula is C7H2ClF4NO. The van der Waals surface area contributed by atoms with E-state index in [1.807, 2.05) is 0 Å². The van der Waals surface area contributed by atoms with Crippen molar-refractivity contribution < 1.29 is 22.4 Å². The zero-order valence-electron chi connectivity index (χ0n) is 6.40.